The second kappa shape index (κ2) is 8.47. The molecule has 0 spiro atoms. The van der Waals surface area contributed by atoms with Gasteiger partial charge in [0.2, 0.25) is 0 Å². The molecule has 0 aliphatic heterocycles. The Kier molecular flexibility index (Phi) is 5.58. The normalized spacial score (nSPS) is 10.9. The Morgan fingerprint density at radius 2 is 1.81 bits per heavy atom. The van der Waals surface area contributed by atoms with Crippen LogP contribution in [0.3, 0.4) is 0 Å². The van der Waals surface area contributed by atoms with Crippen molar-refractivity contribution in [2.75, 3.05) is 5.32 Å². The van der Waals surface area contributed by atoms with Crippen LogP contribution in [-0.2, 0) is 13.0 Å². The monoisotopic (exact) mass is 414 g/mol. The number of carbonyl (C=O) groups is 1. The number of aromatic amines is 1. The van der Waals surface area contributed by atoms with E-state index in [1.165, 1.54) is 16.7 Å². The number of aromatic nitrogens is 4. The van der Waals surface area contributed by atoms with Crippen LogP contribution in [0.4, 0.5) is 5.82 Å². The van der Waals surface area contributed by atoms with Crippen molar-refractivity contribution in [3.05, 3.63) is 94.2 Å². The fourth-order valence-corrected chi connectivity index (χ4v) is 3.71. The first-order valence-corrected chi connectivity index (χ1v) is 10.2. The van der Waals surface area contributed by atoms with E-state index in [0.717, 1.165) is 16.8 Å². The lowest BCUT2D eigenvalue weighted by atomic mass is 10.0. The highest BCUT2D eigenvalue weighted by atomic mass is 16.1. The van der Waals surface area contributed by atoms with E-state index in [1.54, 1.807) is 12.5 Å². The highest BCUT2D eigenvalue weighted by Gasteiger charge is 2.18. The number of nitrogens with zero attached hydrogens (tertiary/aromatic N) is 3. The Labute approximate surface area is 181 Å². The van der Waals surface area contributed by atoms with Crippen molar-refractivity contribution >= 4 is 11.7 Å². The summed E-state index contributed by atoms with van der Waals surface area (Å²) in [5.41, 5.74) is 13.8. The molecule has 158 valence electrons. The molecule has 7 heteroatoms. The quantitative estimate of drug-likeness (QED) is 0.428. The van der Waals surface area contributed by atoms with E-state index in [-0.39, 0.29) is 0 Å². The topological polar surface area (TPSA) is 102 Å². The maximum absolute atomic E-state index is 12.2. The molecule has 0 saturated heterocycles. The summed E-state index contributed by atoms with van der Waals surface area (Å²) in [6.45, 7) is 6.89. The molecule has 0 aliphatic carbocycles. The van der Waals surface area contributed by atoms with Gasteiger partial charge in [-0.05, 0) is 60.7 Å². The molecule has 7 nitrogen and oxygen atoms in total. The number of anilines is 1. The van der Waals surface area contributed by atoms with Gasteiger partial charge in [-0.15, -0.1) is 0 Å². The maximum Gasteiger partial charge on any atom is 0.254 e. The molecule has 4 aromatic rings. The number of H-pyrrole nitrogens is 1. The lowest BCUT2D eigenvalue weighted by molar-refractivity contribution is 0.100. The second-order valence-corrected chi connectivity index (χ2v) is 7.81. The molecule has 4 N–H and O–H groups in total. The van der Waals surface area contributed by atoms with Gasteiger partial charge in [-0.2, -0.15) is 5.10 Å². The molecule has 0 unspecified atom stereocenters. The lowest BCUT2D eigenvalue weighted by Crippen LogP contribution is -2.15. The Morgan fingerprint density at radius 1 is 1.10 bits per heavy atom. The third kappa shape index (κ3) is 4.35. The third-order valence-corrected chi connectivity index (χ3v) is 5.65. The molecule has 31 heavy (non-hydrogen) atoms. The van der Waals surface area contributed by atoms with Gasteiger partial charge in [0.1, 0.15) is 5.56 Å². The number of benzene rings is 2. The van der Waals surface area contributed by atoms with Crippen LogP contribution in [0.15, 0.2) is 55.1 Å². The van der Waals surface area contributed by atoms with Crippen LogP contribution in [0.1, 0.15) is 43.9 Å². The Balaban J connectivity index is 1.51. The number of nitrogens with one attached hydrogen (secondary N) is 2. The molecule has 0 atom stereocenters. The Bertz CT molecular complexity index is 1180. The number of primary amides is 1. The van der Waals surface area contributed by atoms with Crippen LogP contribution in [0.5, 0.6) is 0 Å². The Morgan fingerprint density at radius 3 is 2.42 bits per heavy atom. The lowest BCUT2D eigenvalue weighted by Gasteiger charge is -2.10. The van der Waals surface area contributed by atoms with Gasteiger partial charge in [0.25, 0.3) is 5.91 Å². The summed E-state index contributed by atoms with van der Waals surface area (Å²) in [7, 11) is 0. The summed E-state index contributed by atoms with van der Waals surface area (Å²) < 4.78 is 1.94. The minimum atomic E-state index is -0.502. The van der Waals surface area contributed by atoms with Crippen LogP contribution >= 0.6 is 0 Å². The first-order valence-electron chi connectivity index (χ1n) is 10.2. The summed E-state index contributed by atoms with van der Waals surface area (Å²) >= 11 is 0. The summed E-state index contributed by atoms with van der Waals surface area (Å²) in [4.78, 5) is 16.2. The minimum Gasteiger partial charge on any atom is -0.365 e. The molecule has 1 amide bonds. The van der Waals surface area contributed by atoms with E-state index < -0.39 is 5.91 Å². The summed E-state index contributed by atoms with van der Waals surface area (Å²) in [6.07, 6.45) is 5.92. The van der Waals surface area contributed by atoms with Gasteiger partial charge in [-0.25, -0.2) is 4.98 Å². The molecular weight excluding hydrogens is 388 g/mol. The SMILES string of the molecule is Cc1cc(CNc2n[nH]c(Cc3ccc(-n4ccnc4)cc3)c2C(N)=O)cc(C)c1C. The van der Waals surface area contributed by atoms with Gasteiger partial charge in [0, 0.05) is 31.0 Å². The van der Waals surface area contributed by atoms with E-state index in [4.69, 9.17) is 5.73 Å². The molecule has 0 aliphatic rings. The summed E-state index contributed by atoms with van der Waals surface area (Å²) in [5.74, 6) is -0.0223. The van der Waals surface area contributed by atoms with E-state index in [2.05, 4.69) is 53.4 Å². The number of carbonyl (C=O) groups excluding carboxylic acids is 1. The number of imidazole rings is 1. The first-order chi connectivity index (χ1) is 14.9. The highest BCUT2D eigenvalue weighted by Crippen LogP contribution is 2.22. The standard InChI is InChI=1S/C24H26N6O/c1-15-10-19(11-16(2)17(15)3)13-27-24-22(23(25)31)21(28-29-24)12-18-4-6-20(7-5-18)30-9-8-26-14-30/h4-11,14H,12-13H2,1-3H3,(H2,25,31)(H2,27,28,29). The molecule has 0 saturated carbocycles. The van der Waals surface area contributed by atoms with Gasteiger partial charge in [-0.3, -0.25) is 9.89 Å². The number of aryl methyl sites for hydroxylation is 2. The molecule has 4 rings (SSSR count). The third-order valence-electron chi connectivity index (χ3n) is 5.65. The zero-order valence-electron chi connectivity index (χ0n) is 17.9. The van der Waals surface area contributed by atoms with Gasteiger partial charge >= 0.3 is 0 Å². The van der Waals surface area contributed by atoms with Crippen molar-refractivity contribution in [2.24, 2.45) is 5.73 Å². The predicted molar refractivity (Wildman–Crippen MR) is 121 cm³/mol. The number of hydrogen-bond acceptors (Lipinski definition) is 4. The van der Waals surface area contributed by atoms with Gasteiger partial charge in [-0.1, -0.05) is 24.3 Å². The van der Waals surface area contributed by atoms with Gasteiger partial charge < -0.3 is 15.6 Å². The zero-order valence-corrected chi connectivity index (χ0v) is 17.9. The average molecular weight is 415 g/mol. The van der Waals surface area contributed by atoms with Crippen molar-refractivity contribution in [1.82, 2.24) is 19.7 Å². The molecule has 0 radical (unpaired) electrons. The molecule has 2 aromatic heterocycles. The van der Waals surface area contributed by atoms with Crippen LogP contribution in [-0.4, -0.2) is 25.7 Å². The molecular formula is C24H26N6O. The van der Waals surface area contributed by atoms with Crippen molar-refractivity contribution in [3.8, 4) is 5.69 Å². The van der Waals surface area contributed by atoms with Gasteiger partial charge in [0.15, 0.2) is 5.82 Å². The maximum atomic E-state index is 12.2. The van der Waals surface area contributed by atoms with Crippen molar-refractivity contribution in [2.45, 2.75) is 33.7 Å². The number of hydrogen-bond donors (Lipinski definition) is 3. The molecule has 2 aromatic carbocycles. The second-order valence-electron chi connectivity index (χ2n) is 7.81. The van der Waals surface area contributed by atoms with Crippen molar-refractivity contribution in [1.29, 1.82) is 0 Å². The van der Waals surface area contributed by atoms with E-state index >= 15 is 0 Å². The fourth-order valence-electron chi connectivity index (χ4n) is 3.71. The minimum absolute atomic E-state index is 0.402. The first kappa shape index (κ1) is 20.4. The van der Waals surface area contributed by atoms with Crippen LogP contribution in [0.25, 0.3) is 5.69 Å². The predicted octanol–water partition coefficient (Wildman–Crippen LogP) is 3.82. The summed E-state index contributed by atoms with van der Waals surface area (Å²) in [5, 5.41) is 10.6. The Hall–Kier alpha value is -3.87. The molecule has 2 heterocycles. The summed E-state index contributed by atoms with van der Waals surface area (Å²) in [6, 6.07) is 12.4. The van der Waals surface area contributed by atoms with Gasteiger partial charge in [0.05, 0.1) is 12.0 Å². The fraction of sp³-hybridized carbons (Fsp3) is 0.208. The van der Waals surface area contributed by atoms with Crippen LogP contribution in [0, 0.1) is 20.8 Å². The van der Waals surface area contributed by atoms with E-state index in [0.29, 0.717) is 30.0 Å². The average Bonchev–Trinajstić information content (AvgIpc) is 3.41. The highest BCUT2D eigenvalue weighted by molar-refractivity contribution is 5.98. The van der Waals surface area contributed by atoms with E-state index in [9.17, 15) is 4.79 Å². The van der Waals surface area contributed by atoms with Crippen molar-refractivity contribution in [3.63, 3.8) is 0 Å². The number of rotatable bonds is 7. The largest absolute Gasteiger partial charge is 0.365 e. The number of amides is 1. The van der Waals surface area contributed by atoms with Crippen LogP contribution in [0.2, 0.25) is 0 Å². The molecule has 0 bridgehead atoms. The number of nitrogens with two attached hydrogens (primary N) is 1. The smallest absolute Gasteiger partial charge is 0.254 e. The van der Waals surface area contributed by atoms with Crippen LogP contribution < -0.4 is 11.1 Å². The van der Waals surface area contributed by atoms with Crippen molar-refractivity contribution < 1.29 is 4.79 Å². The molecule has 0 fully saturated rings. The van der Waals surface area contributed by atoms with E-state index in [1.807, 2.05) is 35.0 Å². The zero-order chi connectivity index (χ0) is 22.0.